The molecule has 76 valence electrons. The molecule has 13 heavy (non-hydrogen) atoms. The van der Waals surface area contributed by atoms with Gasteiger partial charge in [-0.3, -0.25) is 0 Å². The number of sulfone groups is 1. The Morgan fingerprint density at radius 3 is 2.23 bits per heavy atom. The average Bonchev–Trinajstić information content (AvgIpc) is 1.77. The van der Waals surface area contributed by atoms with Gasteiger partial charge < -0.3 is 4.90 Å². The maximum absolute atomic E-state index is 11.0. The third-order valence-corrected chi connectivity index (χ3v) is 4.90. The van der Waals surface area contributed by atoms with Crippen molar-refractivity contribution in [3.05, 3.63) is 0 Å². The zero-order valence-electron chi connectivity index (χ0n) is 8.28. The Balaban J connectivity index is 1.80. The van der Waals surface area contributed by atoms with Gasteiger partial charge in [-0.1, -0.05) is 13.8 Å². The molecule has 0 N–H and O–H groups in total. The Kier molecular flexibility index (Phi) is 1.97. The van der Waals surface area contributed by atoms with Gasteiger partial charge in [0.1, 0.15) is 0 Å². The first kappa shape index (κ1) is 9.46. The van der Waals surface area contributed by atoms with E-state index in [4.69, 9.17) is 0 Å². The third kappa shape index (κ3) is 1.74. The second-order valence-electron chi connectivity index (χ2n) is 5.10. The number of nitrogens with zero attached hydrogens (tertiary/aromatic N) is 1. The highest BCUT2D eigenvalue weighted by Crippen LogP contribution is 2.41. The highest BCUT2D eigenvalue weighted by molar-refractivity contribution is 7.92. The topological polar surface area (TPSA) is 37.4 Å². The molecule has 2 saturated heterocycles. The third-order valence-electron chi connectivity index (χ3n) is 2.79. The molecule has 0 aromatic carbocycles. The van der Waals surface area contributed by atoms with Gasteiger partial charge in [0.2, 0.25) is 0 Å². The first-order valence-corrected chi connectivity index (χ1v) is 6.66. The van der Waals surface area contributed by atoms with E-state index in [0.717, 1.165) is 19.6 Å². The Labute approximate surface area is 80.0 Å². The van der Waals surface area contributed by atoms with E-state index < -0.39 is 9.84 Å². The molecular formula is C9H17NO2S. The van der Waals surface area contributed by atoms with E-state index >= 15 is 0 Å². The van der Waals surface area contributed by atoms with Crippen LogP contribution in [0.4, 0.5) is 0 Å². The van der Waals surface area contributed by atoms with E-state index in [-0.39, 0.29) is 5.41 Å². The molecule has 2 aliphatic heterocycles. The van der Waals surface area contributed by atoms with Gasteiger partial charge in [-0.2, -0.15) is 0 Å². The molecule has 0 unspecified atom stereocenters. The summed E-state index contributed by atoms with van der Waals surface area (Å²) in [6.45, 7) is 7.52. The van der Waals surface area contributed by atoms with Crippen molar-refractivity contribution in [2.45, 2.75) is 13.8 Å². The van der Waals surface area contributed by atoms with Gasteiger partial charge in [0.15, 0.2) is 9.84 Å². The summed E-state index contributed by atoms with van der Waals surface area (Å²) in [6.07, 6.45) is 0. The molecule has 3 nitrogen and oxygen atoms in total. The highest BCUT2D eigenvalue weighted by Gasteiger charge is 2.55. The van der Waals surface area contributed by atoms with Crippen molar-refractivity contribution < 1.29 is 8.42 Å². The minimum absolute atomic E-state index is 0.174. The van der Waals surface area contributed by atoms with Gasteiger partial charge in [0.05, 0.1) is 11.5 Å². The van der Waals surface area contributed by atoms with E-state index in [9.17, 15) is 8.42 Å². The van der Waals surface area contributed by atoms with Gasteiger partial charge in [0.25, 0.3) is 0 Å². The molecule has 4 heteroatoms. The summed E-state index contributed by atoms with van der Waals surface area (Å²) < 4.78 is 22.0. The number of rotatable bonds is 2. The van der Waals surface area contributed by atoms with Crippen LogP contribution in [0.25, 0.3) is 0 Å². The molecule has 0 aromatic heterocycles. The molecule has 2 aliphatic rings. The van der Waals surface area contributed by atoms with E-state index in [0.29, 0.717) is 17.4 Å². The second kappa shape index (κ2) is 2.70. The molecular weight excluding hydrogens is 186 g/mol. The molecule has 0 atom stereocenters. The van der Waals surface area contributed by atoms with Gasteiger partial charge >= 0.3 is 0 Å². The lowest BCUT2D eigenvalue weighted by Gasteiger charge is -2.55. The number of hydrogen-bond acceptors (Lipinski definition) is 3. The van der Waals surface area contributed by atoms with Crippen LogP contribution >= 0.6 is 0 Å². The Bertz CT molecular complexity index is 288. The Morgan fingerprint density at radius 2 is 1.85 bits per heavy atom. The van der Waals surface area contributed by atoms with Crippen LogP contribution in [0.5, 0.6) is 0 Å². The fourth-order valence-corrected chi connectivity index (χ4v) is 4.77. The molecule has 0 radical (unpaired) electrons. The van der Waals surface area contributed by atoms with Crippen molar-refractivity contribution in [1.82, 2.24) is 4.90 Å². The van der Waals surface area contributed by atoms with E-state index in [1.54, 1.807) is 0 Å². The van der Waals surface area contributed by atoms with Gasteiger partial charge in [0, 0.05) is 25.0 Å². The standard InChI is InChI=1S/C9H17NO2S/c1-8(2)3-10-4-9(5-10)6-13(11,12)7-9/h8H,3-7H2,1-2H3. The fourth-order valence-electron chi connectivity index (χ4n) is 2.62. The summed E-state index contributed by atoms with van der Waals surface area (Å²) >= 11 is 0. The van der Waals surface area contributed by atoms with E-state index in [1.165, 1.54) is 0 Å². The van der Waals surface area contributed by atoms with Crippen LogP contribution in [0.2, 0.25) is 0 Å². The van der Waals surface area contributed by atoms with Gasteiger partial charge in [-0.25, -0.2) is 8.42 Å². The highest BCUT2D eigenvalue weighted by atomic mass is 32.2. The van der Waals surface area contributed by atoms with Crippen molar-refractivity contribution in [2.24, 2.45) is 11.3 Å². The predicted octanol–water partition coefficient (Wildman–Crippen LogP) is 0.373. The molecule has 2 rings (SSSR count). The summed E-state index contributed by atoms with van der Waals surface area (Å²) in [7, 11) is -2.63. The van der Waals surface area contributed by atoms with Gasteiger partial charge in [-0.15, -0.1) is 0 Å². The minimum atomic E-state index is -2.63. The predicted molar refractivity (Wildman–Crippen MR) is 52.4 cm³/mol. The zero-order valence-corrected chi connectivity index (χ0v) is 9.10. The minimum Gasteiger partial charge on any atom is -0.302 e. The van der Waals surface area contributed by atoms with Crippen molar-refractivity contribution >= 4 is 9.84 Å². The summed E-state index contributed by atoms with van der Waals surface area (Å²) in [4.78, 5) is 2.36. The molecule has 0 aliphatic carbocycles. The van der Waals surface area contributed by atoms with Crippen molar-refractivity contribution in [1.29, 1.82) is 0 Å². The molecule has 0 bridgehead atoms. The monoisotopic (exact) mass is 203 g/mol. The van der Waals surface area contributed by atoms with Crippen LogP contribution in [0.3, 0.4) is 0 Å². The first-order valence-electron chi connectivity index (χ1n) is 4.84. The smallest absolute Gasteiger partial charge is 0.151 e. The van der Waals surface area contributed by atoms with Crippen LogP contribution in [0, 0.1) is 11.3 Å². The normalized spacial score (nSPS) is 30.1. The summed E-state index contributed by atoms with van der Waals surface area (Å²) in [6, 6.07) is 0. The maximum atomic E-state index is 11.0. The molecule has 0 amide bonds. The molecule has 0 aromatic rings. The van der Waals surface area contributed by atoms with Crippen LogP contribution in [0.1, 0.15) is 13.8 Å². The molecule has 2 fully saturated rings. The Morgan fingerprint density at radius 1 is 1.31 bits per heavy atom. The maximum Gasteiger partial charge on any atom is 0.151 e. The SMILES string of the molecule is CC(C)CN1CC2(C1)CS(=O)(=O)C2. The summed E-state index contributed by atoms with van der Waals surface area (Å²) in [5.74, 6) is 1.57. The van der Waals surface area contributed by atoms with Crippen LogP contribution in [0.15, 0.2) is 0 Å². The van der Waals surface area contributed by atoms with Crippen LogP contribution in [-0.2, 0) is 9.84 Å². The number of hydrogen-bond donors (Lipinski definition) is 0. The molecule has 0 saturated carbocycles. The molecule has 1 spiro atoms. The average molecular weight is 203 g/mol. The van der Waals surface area contributed by atoms with Crippen molar-refractivity contribution in [3.8, 4) is 0 Å². The van der Waals surface area contributed by atoms with Crippen molar-refractivity contribution in [2.75, 3.05) is 31.1 Å². The molecule has 2 heterocycles. The van der Waals surface area contributed by atoms with Crippen LogP contribution < -0.4 is 0 Å². The van der Waals surface area contributed by atoms with E-state index in [1.807, 2.05) is 0 Å². The zero-order chi connectivity index (χ0) is 9.69. The first-order chi connectivity index (χ1) is 5.91. The quantitative estimate of drug-likeness (QED) is 0.651. The largest absolute Gasteiger partial charge is 0.302 e. The second-order valence-corrected chi connectivity index (χ2v) is 7.16. The lowest BCUT2D eigenvalue weighted by molar-refractivity contribution is 0.0161. The Hall–Kier alpha value is -0.0900. The summed E-state index contributed by atoms with van der Waals surface area (Å²) in [5.41, 5.74) is 0.174. The van der Waals surface area contributed by atoms with Crippen molar-refractivity contribution in [3.63, 3.8) is 0 Å². The summed E-state index contributed by atoms with van der Waals surface area (Å²) in [5, 5.41) is 0. The van der Waals surface area contributed by atoms with E-state index in [2.05, 4.69) is 18.7 Å². The van der Waals surface area contributed by atoms with Gasteiger partial charge in [-0.05, 0) is 5.92 Å². The number of likely N-dealkylation sites (tertiary alicyclic amines) is 1. The van der Waals surface area contributed by atoms with Crippen LogP contribution in [-0.4, -0.2) is 44.5 Å². The fraction of sp³-hybridized carbons (Fsp3) is 1.00. The lowest BCUT2D eigenvalue weighted by Crippen LogP contribution is -2.68. The lowest BCUT2D eigenvalue weighted by atomic mass is 9.82.